The van der Waals surface area contributed by atoms with E-state index in [9.17, 15) is 5.11 Å². The van der Waals surface area contributed by atoms with Crippen LogP contribution in [0.3, 0.4) is 0 Å². The average Bonchev–Trinajstić information content (AvgIpc) is 2.98. The van der Waals surface area contributed by atoms with Gasteiger partial charge < -0.3 is 5.11 Å². The van der Waals surface area contributed by atoms with Crippen LogP contribution >= 0.6 is 11.3 Å². The molecule has 0 aliphatic rings. The molecule has 18 heavy (non-hydrogen) atoms. The molecule has 1 unspecified atom stereocenters. The number of hydrogen-bond donors (Lipinski definition) is 1. The predicted molar refractivity (Wildman–Crippen MR) is 72.3 cm³/mol. The summed E-state index contributed by atoms with van der Waals surface area (Å²) >= 11 is 1.57. The zero-order valence-electron chi connectivity index (χ0n) is 9.45. The van der Waals surface area contributed by atoms with E-state index >= 15 is 0 Å². The molecule has 0 aliphatic heterocycles. The smallest absolute Gasteiger partial charge is 0.156 e. The summed E-state index contributed by atoms with van der Waals surface area (Å²) in [4.78, 5) is 6.02. The molecule has 1 N–H and O–H groups in total. The van der Waals surface area contributed by atoms with Crippen molar-refractivity contribution in [2.75, 3.05) is 0 Å². The molecule has 0 radical (unpaired) electrons. The number of benzene rings is 1. The molecular weight excluding hydrogens is 244 g/mol. The maximum absolute atomic E-state index is 10.00. The molecule has 3 nitrogen and oxygen atoms in total. The summed E-state index contributed by atoms with van der Waals surface area (Å²) in [6, 6.07) is 9.91. The molecule has 0 fully saturated rings. The highest BCUT2D eigenvalue weighted by atomic mass is 32.1. The zero-order chi connectivity index (χ0) is 12.5. The molecular formula is C14H10N2OS. The van der Waals surface area contributed by atoms with Crippen molar-refractivity contribution in [3.05, 3.63) is 48.5 Å². The van der Waals surface area contributed by atoms with Crippen molar-refractivity contribution in [3.63, 3.8) is 0 Å². The third-order valence-corrected chi connectivity index (χ3v) is 3.92. The number of hydrogen-bond acceptors (Lipinski definition) is 3. The second kappa shape index (κ2) is 4.30. The lowest BCUT2D eigenvalue weighted by Gasteiger charge is -2.06. The second-order valence-corrected chi connectivity index (χ2v) is 4.88. The fraction of sp³-hybridized carbons (Fsp3) is 0.0714. The van der Waals surface area contributed by atoms with Crippen LogP contribution in [0.5, 0.6) is 0 Å². The van der Waals surface area contributed by atoms with Gasteiger partial charge in [0.15, 0.2) is 6.10 Å². The lowest BCUT2D eigenvalue weighted by atomic mass is 10.1. The van der Waals surface area contributed by atoms with Crippen LogP contribution in [0.2, 0.25) is 0 Å². The minimum atomic E-state index is -0.928. The van der Waals surface area contributed by atoms with Crippen molar-refractivity contribution in [1.29, 1.82) is 0 Å². The number of imidazole rings is 1. The van der Waals surface area contributed by atoms with Gasteiger partial charge in [0.2, 0.25) is 0 Å². The van der Waals surface area contributed by atoms with Crippen LogP contribution in [0.25, 0.3) is 15.3 Å². The Morgan fingerprint density at radius 1 is 1.33 bits per heavy atom. The first-order chi connectivity index (χ1) is 8.81. The standard InChI is InChI=1S/C14H10N2OS/c1-2-11(17)13-14(10-6-4-3-5-7-10)18-12-8-15-9-16(12)13/h1,3-9,11,17H. The normalized spacial score (nSPS) is 12.4. The molecule has 0 saturated heterocycles. The van der Waals surface area contributed by atoms with Crippen molar-refractivity contribution in [2.45, 2.75) is 6.10 Å². The van der Waals surface area contributed by atoms with Gasteiger partial charge in [-0.2, -0.15) is 0 Å². The number of aliphatic hydroxyl groups excluding tert-OH is 1. The van der Waals surface area contributed by atoms with E-state index in [0.29, 0.717) is 5.69 Å². The van der Waals surface area contributed by atoms with Gasteiger partial charge in [-0.15, -0.1) is 17.8 Å². The predicted octanol–water partition coefficient (Wildman–Crippen LogP) is 2.73. The van der Waals surface area contributed by atoms with Gasteiger partial charge in [0.05, 0.1) is 16.8 Å². The first-order valence-electron chi connectivity index (χ1n) is 5.45. The number of nitrogens with zero attached hydrogens (tertiary/aromatic N) is 2. The molecule has 0 spiro atoms. The lowest BCUT2D eigenvalue weighted by Crippen LogP contribution is -1.99. The Hall–Kier alpha value is -2.09. The van der Waals surface area contributed by atoms with Crippen LogP contribution in [0.4, 0.5) is 0 Å². The Labute approximate surface area is 108 Å². The van der Waals surface area contributed by atoms with Crippen LogP contribution in [-0.2, 0) is 0 Å². The number of fused-ring (bicyclic) bond motifs is 1. The van der Waals surface area contributed by atoms with Crippen LogP contribution in [0.15, 0.2) is 42.9 Å². The summed E-state index contributed by atoms with van der Waals surface area (Å²) in [5, 5.41) is 10.00. The highest BCUT2D eigenvalue weighted by Crippen LogP contribution is 2.36. The monoisotopic (exact) mass is 254 g/mol. The number of thiazole rings is 1. The van der Waals surface area contributed by atoms with Crippen molar-refractivity contribution < 1.29 is 5.11 Å². The van der Waals surface area contributed by atoms with Crippen molar-refractivity contribution in [1.82, 2.24) is 9.38 Å². The fourth-order valence-corrected chi connectivity index (χ4v) is 3.07. The molecule has 0 amide bonds. The third-order valence-electron chi connectivity index (χ3n) is 2.76. The summed E-state index contributed by atoms with van der Waals surface area (Å²) in [5.41, 5.74) is 1.76. The molecule has 2 aromatic heterocycles. The summed E-state index contributed by atoms with van der Waals surface area (Å²) in [6.07, 6.45) is 7.86. The average molecular weight is 254 g/mol. The molecule has 0 aliphatic carbocycles. The van der Waals surface area contributed by atoms with Gasteiger partial charge >= 0.3 is 0 Å². The highest BCUT2D eigenvalue weighted by Gasteiger charge is 2.19. The molecule has 3 rings (SSSR count). The van der Waals surface area contributed by atoms with Gasteiger partial charge in [-0.1, -0.05) is 36.3 Å². The van der Waals surface area contributed by atoms with E-state index in [2.05, 4.69) is 10.9 Å². The van der Waals surface area contributed by atoms with E-state index < -0.39 is 6.10 Å². The Morgan fingerprint density at radius 2 is 2.11 bits per heavy atom. The molecule has 2 heterocycles. The van der Waals surface area contributed by atoms with Gasteiger partial charge in [-0.05, 0) is 5.56 Å². The van der Waals surface area contributed by atoms with E-state index in [-0.39, 0.29) is 0 Å². The van der Waals surface area contributed by atoms with Crippen LogP contribution in [0.1, 0.15) is 11.8 Å². The molecule has 0 saturated carbocycles. The van der Waals surface area contributed by atoms with E-state index in [1.165, 1.54) is 0 Å². The van der Waals surface area contributed by atoms with Crippen LogP contribution < -0.4 is 0 Å². The number of rotatable bonds is 2. The summed E-state index contributed by atoms with van der Waals surface area (Å²) in [7, 11) is 0. The zero-order valence-corrected chi connectivity index (χ0v) is 10.3. The first kappa shape index (κ1) is 11.0. The molecule has 1 aromatic carbocycles. The van der Waals surface area contributed by atoms with Crippen molar-refractivity contribution in [3.8, 4) is 22.8 Å². The molecule has 3 aromatic rings. The number of aliphatic hydroxyl groups is 1. The summed E-state index contributed by atoms with van der Waals surface area (Å²) in [6.45, 7) is 0. The minimum Gasteiger partial charge on any atom is -0.374 e. The van der Waals surface area contributed by atoms with Crippen molar-refractivity contribution in [2.24, 2.45) is 0 Å². The Kier molecular flexibility index (Phi) is 2.63. The number of aromatic nitrogens is 2. The van der Waals surface area contributed by atoms with Gasteiger partial charge in [0.25, 0.3) is 0 Å². The largest absolute Gasteiger partial charge is 0.374 e. The fourth-order valence-electron chi connectivity index (χ4n) is 1.94. The van der Waals surface area contributed by atoms with Gasteiger partial charge in [0, 0.05) is 0 Å². The maximum atomic E-state index is 10.00. The first-order valence-corrected chi connectivity index (χ1v) is 6.27. The quantitative estimate of drug-likeness (QED) is 0.714. The summed E-state index contributed by atoms with van der Waals surface area (Å²) in [5.74, 6) is 2.37. The Morgan fingerprint density at radius 3 is 2.83 bits per heavy atom. The molecule has 1 atom stereocenters. The molecule has 88 valence electrons. The topological polar surface area (TPSA) is 37.5 Å². The minimum absolute atomic E-state index is 0.709. The molecule has 4 heteroatoms. The Balaban J connectivity index is 2.29. The maximum Gasteiger partial charge on any atom is 0.156 e. The van der Waals surface area contributed by atoms with Gasteiger partial charge in [-0.25, -0.2) is 4.98 Å². The van der Waals surface area contributed by atoms with Gasteiger partial charge in [-0.3, -0.25) is 4.40 Å². The highest BCUT2D eigenvalue weighted by molar-refractivity contribution is 7.20. The van der Waals surface area contributed by atoms with Crippen molar-refractivity contribution >= 4 is 16.2 Å². The SMILES string of the molecule is C#CC(O)c1c(-c2ccccc2)sc2cncn12. The Bertz CT molecular complexity index is 721. The lowest BCUT2D eigenvalue weighted by molar-refractivity contribution is 0.233. The van der Waals surface area contributed by atoms with E-state index in [4.69, 9.17) is 6.42 Å². The van der Waals surface area contributed by atoms with E-state index in [1.807, 2.05) is 34.7 Å². The second-order valence-electron chi connectivity index (χ2n) is 3.85. The van der Waals surface area contributed by atoms with Gasteiger partial charge in [0.1, 0.15) is 11.2 Å². The van der Waals surface area contributed by atoms with E-state index in [1.54, 1.807) is 23.9 Å². The van der Waals surface area contributed by atoms with Crippen LogP contribution in [0, 0.1) is 12.3 Å². The summed E-state index contributed by atoms with van der Waals surface area (Å²) < 4.78 is 1.84. The van der Waals surface area contributed by atoms with E-state index in [0.717, 1.165) is 15.3 Å². The van der Waals surface area contributed by atoms with Crippen LogP contribution in [-0.4, -0.2) is 14.5 Å². The molecule has 0 bridgehead atoms. The number of terminal acetylenes is 1. The third kappa shape index (κ3) is 1.61.